The Bertz CT molecular complexity index is 350. The maximum Gasteiger partial charge on any atom is 0.138 e. The van der Waals surface area contributed by atoms with Crippen molar-refractivity contribution in [2.24, 2.45) is 0 Å². The molecule has 0 unspecified atom stereocenters. The van der Waals surface area contributed by atoms with E-state index in [1.54, 1.807) is 0 Å². The summed E-state index contributed by atoms with van der Waals surface area (Å²) in [4.78, 5) is 2.12. The number of likely N-dealkylation sites (tertiary alicyclic amines) is 1. The minimum absolute atomic E-state index is 0.751. The highest BCUT2D eigenvalue weighted by Gasteiger charge is 2.18. The number of rotatable bonds is 2. The molecule has 0 bridgehead atoms. The Morgan fingerprint density at radius 1 is 1.40 bits per heavy atom. The lowest BCUT2D eigenvalue weighted by molar-refractivity contribution is 0.354. The average Bonchev–Trinajstić information content (AvgIpc) is 2.53. The fourth-order valence-electron chi connectivity index (χ4n) is 1.98. The molecule has 0 amide bonds. The maximum absolute atomic E-state index is 7.86. The molecule has 0 radical (unpaired) electrons. The van der Waals surface area contributed by atoms with Crippen LogP contribution in [0.4, 0.5) is 0 Å². The second-order valence-electron chi connectivity index (χ2n) is 4.13. The second kappa shape index (κ2) is 4.04. The number of nitrogens with zero attached hydrogens (tertiary/aromatic N) is 2. The maximum atomic E-state index is 7.86. The monoisotopic (exact) mass is 207 g/mol. The van der Waals surface area contributed by atoms with E-state index in [0.29, 0.717) is 0 Å². The molecule has 1 aromatic heterocycles. The summed E-state index contributed by atoms with van der Waals surface area (Å²) in [5, 5.41) is 11.8. The van der Waals surface area contributed by atoms with Crippen LogP contribution in [-0.4, -0.2) is 22.4 Å². The van der Waals surface area contributed by atoms with Gasteiger partial charge in [0, 0.05) is 25.1 Å². The standard InChI is InChI=1S/C11H17N3O/c1-8-10(9(2)15-13-8)7-14-6-4-3-5-11(14)12/h12H,3-7H2,1-2H3. The molecule has 1 aromatic rings. The minimum Gasteiger partial charge on any atom is -0.361 e. The topological polar surface area (TPSA) is 53.1 Å². The number of aromatic nitrogens is 1. The van der Waals surface area contributed by atoms with Gasteiger partial charge in [-0.25, -0.2) is 0 Å². The van der Waals surface area contributed by atoms with Gasteiger partial charge in [-0.05, 0) is 26.7 Å². The minimum atomic E-state index is 0.751. The summed E-state index contributed by atoms with van der Waals surface area (Å²) in [7, 11) is 0. The van der Waals surface area contributed by atoms with Crippen LogP contribution >= 0.6 is 0 Å². The highest BCUT2D eigenvalue weighted by molar-refractivity contribution is 5.79. The zero-order chi connectivity index (χ0) is 10.8. The van der Waals surface area contributed by atoms with Crippen molar-refractivity contribution in [2.75, 3.05) is 6.54 Å². The van der Waals surface area contributed by atoms with Crippen LogP contribution in [0.25, 0.3) is 0 Å². The van der Waals surface area contributed by atoms with E-state index in [2.05, 4.69) is 10.1 Å². The lowest BCUT2D eigenvalue weighted by Gasteiger charge is -2.29. The molecule has 2 heterocycles. The Labute approximate surface area is 89.8 Å². The predicted octanol–water partition coefficient (Wildman–Crippen LogP) is 2.25. The molecule has 0 spiro atoms. The predicted molar refractivity (Wildman–Crippen MR) is 58.0 cm³/mol. The quantitative estimate of drug-likeness (QED) is 0.809. The molecule has 4 nitrogen and oxygen atoms in total. The van der Waals surface area contributed by atoms with E-state index in [9.17, 15) is 0 Å². The summed E-state index contributed by atoms with van der Waals surface area (Å²) in [6.45, 7) is 5.66. The molecular formula is C11H17N3O. The fourth-order valence-corrected chi connectivity index (χ4v) is 1.98. The molecule has 0 aliphatic carbocycles. The van der Waals surface area contributed by atoms with Crippen LogP contribution in [0.5, 0.6) is 0 Å². The van der Waals surface area contributed by atoms with Crippen molar-refractivity contribution >= 4 is 5.84 Å². The lowest BCUT2D eigenvalue weighted by Crippen LogP contribution is -2.34. The van der Waals surface area contributed by atoms with Crippen molar-refractivity contribution in [2.45, 2.75) is 39.7 Å². The molecule has 0 atom stereocenters. The molecule has 1 fully saturated rings. The van der Waals surface area contributed by atoms with Gasteiger partial charge in [0.15, 0.2) is 0 Å². The number of nitrogens with one attached hydrogen (secondary N) is 1. The fraction of sp³-hybridized carbons (Fsp3) is 0.636. The van der Waals surface area contributed by atoms with E-state index in [1.807, 2.05) is 13.8 Å². The number of piperidine rings is 1. The van der Waals surface area contributed by atoms with Gasteiger partial charge in [-0.2, -0.15) is 0 Å². The van der Waals surface area contributed by atoms with Crippen LogP contribution in [-0.2, 0) is 6.54 Å². The van der Waals surface area contributed by atoms with Gasteiger partial charge in [-0.3, -0.25) is 5.41 Å². The normalized spacial score (nSPS) is 17.2. The van der Waals surface area contributed by atoms with E-state index >= 15 is 0 Å². The number of hydrogen-bond acceptors (Lipinski definition) is 3. The molecule has 2 rings (SSSR count). The zero-order valence-electron chi connectivity index (χ0n) is 9.34. The molecule has 82 valence electrons. The molecule has 15 heavy (non-hydrogen) atoms. The molecular weight excluding hydrogens is 190 g/mol. The van der Waals surface area contributed by atoms with Gasteiger partial charge >= 0.3 is 0 Å². The van der Waals surface area contributed by atoms with Crippen LogP contribution in [0, 0.1) is 19.3 Å². The molecule has 0 saturated carbocycles. The van der Waals surface area contributed by atoms with Gasteiger partial charge in [0.1, 0.15) is 5.76 Å². The number of amidine groups is 1. The largest absolute Gasteiger partial charge is 0.361 e. The molecule has 0 aromatic carbocycles. The number of hydrogen-bond donors (Lipinski definition) is 1. The Hall–Kier alpha value is -1.32. The Balaban J connectivity index is 2.10. The molecule has 4 heteroatoms. The van der Waals surface area contributed by atoms with Crippen LogP contribution in [0.1, 0.15) is 36.3 Å². The Kier molecular flexibility index (Phi) is 2.75. The van der Waals surface area contributed by atoms with Crippen molar-refractivity contribution in [1.82, 2.24) is 10.1 Å². The summed E-state index contributed by atoms with van der Waals surface area (Å²) < 4.78 is 5.12. The molecule has 1 N–H and O–H groups in total. The van der Waals surface area contributed by atoms with Gasteiger partial charge in [0.25, 0.3) is 0 Å². The lowest BCUT2D eigenvalue weighted by atomic mass is 10.1. The van der Waals surface area contributed by atoms with Gasteiger partial charge in [-0.15, -0.1) is 0 Å². The summed E-state index contributed by atoms with van der Waals surface area (Å²) in [5.41, 5.74) is 2.09. The Morgan fingerprint density at radius 3 is 2.80 bits per heavy atom. The van der Waals surface area contributed by atoms with Crippen LogP contribution in [0.3, 0.4) is 0 Å². The Morgan fingerprint density at radius 2 is 2.20 bits per heavy atom. The first-order valence-corrected chi connectivity index (χ1v) is 5.42. The van der Waals surface area contributed by atoms with Gasteiger partial charge in [0.05, 0.1) is 11.5 Å². The van der Waals surface area contributed by atoms with Gasteiger partial charge in [-0.1, -0.05) is 5.16 Å². The van der Waals surface area contributed by atoms with Crippen molar-refractivity contribution < 1.29 is 4.52 Å². The van der Waals surface area contributed by atoms with E-state index in [1.165, 1.54) is 6.42 Å². The van der Waals surface area contributed by atoms with E-state index < -0.39 is 0 Å². The van der Waals surface area contributed by atoms with E-state index in [0.717, 1.165) is 48.8 Å². The number of aryl methyl sites for hydroxylation is 2. The molecule has 1 aliphatic heterocycles. The first-order valence-electron chi connectivity index (χ1n) is 5.42. The van der Waals surface area contributed by atoms with E-state index in [-0.39, 0.29) is 0 Å². The molecule has 1 aliphatic rings. The molecule has 1 saturated heterocycles. The average molecular weight is 207 g/mol. The third-order valence-electron chi connectivity index (χ3n) is 3.00. The van der Waals surface area contributed by atoms with Crippen molar-refractivity contribution in [3.8, 4) is 0 Å². The zero-order valence-corrected chi connectivity index (χ0v) is 9.34. The van der Waals surface area contributed by atoms with Gasteiger partial charge < -0.3 is 9.42 Å². The third kappa shape index (κ3) is 2.03. The highest BCUT2D eigenvalue weighted by Crippen LogP contribution is 2.18. The van der Waals surface area contributed by atoms with Crippen LogP contribution in [0.2, 0.25) is 0 Å². The highest BCUT2D eigenvalue weighted by atomic mass is 16.5. The summed E-state index contributed by atoms with van der Waals surface area (Å²) >= 11 is 0. The van der Waals surface area contributed by atoms with Crippen molar-refractivity contribution in [3.05, 3.63) is 17.0 Å². The first-order chi connectivity index (χ1) is 7.18. The van der Waals surface area contributed by atoms with E-state index in [4.69, 9.17) is 9.93 Å². The first kappa shape index (κ1) is 10.2. The van der Waals surface area contributed by atoms with Crippen LogP contribution in [0.15, 0.2) is 4.52 Å². The van der Waals surface area contributed by atoms with Crippen molar-refractivity contribution in [3.63, 3.8) is 0 Å². The van der Waals surface area contributed by atoms with Crippen LogP contribution < -0.4 is 0 Å². The van der Waals surface area contributed by atoms with Gasteiger partial charge in [0.2, 0.25) is 0 Å². The van der Waals surface area contributed by atoms with Crippen molar-refractivity contribution in [1.29, 1.82) is 5.41 Å². The summed E-state index contributed by atoms with van der Waals surface area (Å²) in [5.74, 6) is 1.63. The second-order valence-corrected chi connectivity index (χ2v) is 4.13. The summed E-state index contributed by atoms with van der Waals surface area (Å²) in [6.07, 6.45) is 3.24. The summed E-state index contributed by atoms with van der Waals surface area (Å²) in [6, 6.07) is 0. The smallest absolute Gasteiger partial charge is 0.138 e. The SMILES string of the molecule is Cc1noc(C)c1CN1CCCCC1=N. The third-order valence-corrected chi connectivity index (χ3v) is 3.00.